The zero-order valence-corrected chi connectivity index (χ0v) is 40.9. The Morgan fingerprint density at radius 1 is 0.594 bits per heavy atom. The van der Waals surface area contributed by atoms with Crippen LogP contribution >= 0.6 is 0 Å². The Labute approximate surface area is 389 Å². The van der Waals surface area contributed by atoms with Gasteiger partial charge in [-0.15, -0.1) is 0 Å². The second-order valence-corrected chi connectivity index (χ2v) is 18.4. The highest BCUT2D eigenvalue weighted by atomic mass is 32.3. The molecule has 0 amide bonds. The molecule has 0 aromatic heterocycles. The zero-order valence-electron chi connectivity index (χ0n) is 40.1. The second-order valence-electron chi connectivity index (χ2n) is 17.4. The maximum absolute atomic E-state index is 12.9. The first-order valence-corrected chi connectivity index (χ1v) is 26.8. The van der Waals surface area contributed by atoms with Gasteiger partial charge in [-0.25, -0.2) is 4.18 Å². The van der Waals surface area contributed by atoms with Crippen molar-refractivity contribution >= 4 is 16.4 Å². The minimum absolute atomic E-state index is 0.0276. The maximum Gasteiger partial charge on any atom is 0.397 e. The average molecular weight is 929 g/mol. The molecule has 0 radical (unpaired) electrons. The minimum atomic E-state index is -5.07. The molecule has 1 aliphatic heterocycles. The fourth-order valence-corrected chi connectivity index (χ4v) is 8.07. The van der Waals surface area contributed by atoms with Crippen molar-refractivity contribution in [2.75, 3.05) is 26.4 Å². The lowest BCUT2D eigenvalue weighted by molar-refractivity contribution is -0.301. The van der Waals surface area contributed by atoms with Gasteiger partial charge in [0.1, 0.15) is 30.5 Å². The van der Waals surface area contributed by atoms with Gasteiger partial charge in [-0.2, -0.15) is 8.42 Å². The molecule has 0 aromatic rings. The van der Waals surface area contributed by atoms with E-state index < -0.39 is 59.8 Å². The van der Waals surface area contributed by atoms with Crippen molar-refractivity contribution in [2.24, 2.45) is 0 Å². The van der Waals surface area contributed by atoms with Crippen molar-refractivity contribution in [2.45, 2.75) is 243 Å². The lowest BCUT2D eigenvalue weighted by Gasteiger charge is -2.41. The van der Waals surface area contributed by atoms with Crippen LogP contribution in [0.25, 0.3) is 0 Å². The van der Waals surface area contributed by atoms with Crippen LogP contribution in [-0.4, -0.2) is 97.5 Å². The SMILES string of the molecule is CCC/C=C\C/C=C\CCCCCCCCOCC(COC1OC(CO)C(O)C(OS(=O)(=O)O)C1O)OC(=O)CCCCCCCCCCCCC/C=C\C/C=C\CCCCCCC. The third kappa shape index (κ3) is 35.3. The number of rotatable bonds is 44. The summed E-state index contributed by atoms with van der Waals surface area (Å²) in [4.78, 5) is 12.9. The van der Waals surface area contributed by atoms with E-state index in [0.717, 1.165) is 70.6 Å². The molecule has 12 nitrogen and oxygen atoms in total. The van der Waals surface area contributed by atoms with Crippen LogP contribution in [0.5, 0.6) is 0 Å². The molecule has 0 spiro atoms. The molecule has 6 unspecified atom stereocenters. The van der Waals surface area contributed by atoms with Crippen LogP contribution in [0.15, 0.2) is 48.6 Å². The van der Waals surface area contributed by atoms with Crippen LogP contribution in [0.1, 0.15) is 206 Å². The summed E-state index contributed by atoms with van der Waals surface area (Å²) in [7, 11) is -5.07. The number of carbonyl (C=O) groups excluding carboxylic acids is 1. The van der Waals surface area contributed by atoms with E-state index >= 15 is 0 Å². The first-order chi connectivity index (χ1) is 31.1. The van der Waals surface area contributed by atoms with Gasteiger partial charge in [0.25, 0.3) is 0 Å². The molecule has 374 valence electrons. The van der Waals surface area contributed by atoms with Crippen molar-refractivity contribution in [3.63, 3.8) is 0 Å². The van der Waals surface area contributed by atoms with E-state index in [1.807, 2.05) is 0 Å². The highest BCUT2D eigenvalue weighted by molar-refractivity contribution is 7.80. The Morgan fingerprint density at radius 2 is 1.06 bits per heavy atom. The summed E-state index contributed by atoms with van der Waals surface area (Å²) in [6.45, 7) is 3.90. The van der Waals surface area contributed by atoms with Crippen molar-refractivity contribution < 1.29 is 56.2 Å². The summed E-state index contributed by atoms with van der Waals surface area (Å²) in [5, 5.41) is 30.7. The second kappa shape index (κ2) is 42.4. The van der Waals surface area contributed by atoms with E-state index in [1.165, 1.54) is 109 Å². The molecule has 1 rings (SSSR count). The first-order valence-electron chi connectivity index (χ1n) is 25.4. The van der Waals surface area contributed by atoms with Gasteiger partial charge >= 0.3 is 16.4 Å². The third-order valence-corrected chi connectivity index (χ3v) is 11.9. The molecule has 1 fully saturated rings. The normalized spacial score (nSPS) is 20.1. The van der Waals surface area contributed by atoms with E-state index in [2.05, 4.69) is 66.6 Å². The first kappa shape index (κ1) is 60.1. The third-order valence-electron chi connectivity index (χ3n) is 11.4. The Balaban J connectivity index is 2.34. The summed E-state index contributed by atoms with van der Waals surface area (Å²) < 4.78 is 59.2. The van der Waals surface area contributed by atoms with Crippen molar-refractivity contribution in [1.29, 1.82) is 0 Å². The minimum Gasteiger partial charge on any atom is -0.457 e. The van der Waals surface area contributed by atoms with E-state index in [0.29, 0.717) is 13.0 Å². The summed E-state index contributed by atoms with van der Waals surface area (Å²) in [5.41, 5.74) is 0. The molecule has 1 heterocycles. The molecule has 1 saturated heterocycles. The number of ether oxygens (including phenoxy) is 4. The topological polar surface area (TPSA) is 178 Å². The van der Waals surface area contributed by atoms with Gasteiger partial charge in [0, 0.05) is 13.0 Å². The van der Waals surface area contributed by atoms with Crippen molar-refractivity contribution in [1.82, 2.24) is 0 Å². The van der Waals surface area contributed by atoms with E-state index in [1.54, 1.807) is 0 Å². The lowest BCUT2D eigenvalue weighted by Crippen LogP contribution is -2.60. The molecule has 13 heteroatoms. The Morgan fingerprint density at radius 3 is 1.55 bits per heavy atom. The molecule has 0 aromatic carbocycles. The molecule has 0 saturated carbocycles. The highest BCUT2D eigenvalue weighted by Crippen LogP contribution is 2.26. The van der Waals surface area contributed by atoms with Crippen molar-refractivity contribution in [3.05, 3.63) is 48.6 Å². The van der Waals surface area contributed by atoms with Gasteiger partial charge in [0.05, 0.1) is 19.8 Å². The Kier molecular flexibility index (Phi) is 39.8. The Bertz CT molecular complexity index is 1300. The number of carbonyl (C=O) groups is 1. The molecular weight excluding hydrogens is 837 g/mol. The molecule has 4 N–H and O–H groups in total. The van der Waals surface area contributed by atoms with Crippen LogP contribution in [0.3, 0.4) is 0 Å². The number of allylic oxidation sites excluding steroid dienone is 8. The number of aliphatic hydroxyl groups excluding tert-OH is 3. The maximum atomic E-state index is 12.9. The number of esters is 1. The monoisotopic (exact) mass is 929 g/mol. The van der Waals surface area contributed by atoms with Gasteiger partial charge in [-0.1, -0.05) is 178 Å². The predicted octanol–water partition coefficient (Wildman–Crippen LogP) is 11.5. The highest BCUT2D eigenvalue weighted by Gasteiger charge is 2.48. The number of hydrogen-bond donors (Lipinski definition) is 4. The van der Waals surface area contributed by atoms with Crippen LogP contribution in [0.2, 0.25) is 0 Å². The largest absolute Gasteiger partial charge is 0.457 e. The van der Waals surface area contributed by atoms with E-state index in [9.17, 15) is 33.1 Å². The van der Waals surface area contributed by atoms with Crippen molar-refractivity contribution in [3.8, 4) is 0 Å². The molecule has 64 heavy (non-hydrogen) atoms. The van der Waals surface area contributed by atoms with Crippen LogP contribution in [0, 0.1) is 0 Å². The van der Waals surface area contributed by atoms with Crippen LogP contribution in [0.4, 0.5) is 0 Å². The molecule has 6 atom stereocenters. The average Bonchev–Trinajstić information content (AvgIpc) is 3.27. The summed E-state index contributed by atoms with van der Waals surface area (Å²) >= 11 is 0. The number of hydrogen-bond acceptors (Lipinski definition) is 11. The fraction of sp³-hybridized carbons (Fsp3) is 0.824. The van der Waals surface area contributed by atoms with Gasteiger partial charge in [0.2, 0.25) is 0 Å². The van der Waals surface area contributed by atoms with Gasteiger partial charge < -0.3 is 34.3 Å². The Hall–Kier alpha value is -1.94. The van der Waals surface area contributed by atoms with Gasteiger partial charge in [-0.05, 0) is 70.6 Å². The van der Waals surface area contributed by atoms with Gasteiger partial charge in [0.15, 0.2) is 6.29 Å². The van der Waals surface area contributed by atoms with E-state index in [-0.39, 0.29) is 19.6 Å². The van der Waals surface area contributed by atoms with Crippen LogP contribution < -0.4 is 0 Å². The molecule has 1 aliphatic rings. The molecule has 0 aliphatic carbocycles. The fourth-order valence-electron chi connectivity index (χ4n) is 7.56. The quantitative estimate of drug-likeness (QED) is 0.0197. The number of aliphatic hydroxyl groups is 3. The number of unbranched alkanes of at least 4 members (excludes halogenated alkanes) is 23. The standard InChI is InChI=1S/C51H92O12S/c1-3-5-7-9-11-13-15-17-19-20-21-22-23-24-25-26-27-28-30-32-34-36-38-40-47(53)61-45(43-59-41-39-37-35-33-31-29-18-16-14-12-10-8-6-4-2)44-60-51-49(55)50(63-64(56,57)58)48(54)46(42-52)62-51/h8,10,14-17,20-21,45-46,48-52,54-55H,3-7,9,11-13,18-19,22-44H2,1-2H3,(H,56,57,58)/b10-8-,16-14-,17-15-,21-20-. The molecular formula is C51H92O12S. The lowest BCUT2D eigenvalue weighted by atomic mass is 9.99. The molecule has 0 bridgehead atoms. The predicted molar refractivity (Wildman–Crippen MR) is 257 cm³/mol. The van der Waals surface area contributed by atoms with Gasteiger partial charge in [-0.3, -0.25) is 9.35 Å². The zero-order chi connectivity index (χ0) is 46.8. The summed E-state index contributed by atoms with van der Waals surface area (Å²) in [6.07, 6.45) is 42.9. The summed E-state index contributed by atoms with van der Waals surface area (Å²) in [5.74, 6) is -0.405. The summed E-state index contributed by atoms with van der Waals surface area (Å²) in [6, 6.07) is 0. The van der Waals surface area contributed by atoms with Crippen LogP contribution in [-0.2, 0) is 38.3 Å². The smallest absolute Gasteiger partial charge is 0.397 e. The van der Waals surface area contributed by atoms with E-state index in [4.69, 9.17) is 18.9 Å².